The molecule has 0 aliphatic heterocycles. The van der Waals surface area contributed by atoms with Gasteiger partial charge in [-0.2, -0.15) is 5.26 Å². The van der Waals surface area contributed by atoms with E-state index in [-0.39, 0.29) is 11.2 Å². The highest BCUT2D eigenvalue weighted by Crippen LogP contribution is 2.23. The van der Waals surface area contributed by atoms with Gasteiger partial charge in [0.05, 0.1) is 22.6 Å². The van der Waals surface area contributed by atoms with E-state index in [0.717, 1.165) is 12.8 Å². The van der Waals surface area contributed by atoms with Gasteiger partial charge in [0.15, 0.2) is 0 Å². The highest BCUT2D eigenvalue weighted by atomic mass is 79.9. The van der Waals surface area contributed by atoms with Crippen molar-refractivity contribution < 1.29 is 9.13 Å². The summed E-state index contributed by atoms with van der Waals surface area (Å²) in [4.78, 5) is 0. The second-order valence-corrected chi connectivity index (χ2v) is 5.38. The molecule has 0 aromatic heterocycles. The van der Waals surface area contributed by atoms with Crippen molar-refractivity contribution in [2.75, 3.05) is 6.61 Å². The van der Waals surface area contributed by atoms with E-state index in [1.54, 1.807) is 12.1 Å². The zero-order valence-electron chi connectivity index (χ0n) is 9.96. The van der Waals surface area contributed by atoms with Gasteiger partial charge in [0.1, 0.15) is 11.6 Å². The summed E-state index contributed by atoms with van der Waals surface area (Å²) >= 11 is 3.10. The summed E-state index contributed by atoms with van der Waals surface area (Å²) in [5.41, 5.74) is -0.313. The summed E-state index contributed by atoms with van der Waals surface area (Å²) < 4.78 is 18.8. The Morgan fingerprint density at radius 3 is 2.76 bits per heavy atom. The monoisotopic (exact) mass is 299 g/mol. The van der Waals surface area contributed by atoms with Crippen LogP contribution in [0.25, 0.3) is 0 Å². The number of halogens is 2. The molecule has 4 heteroatoms. The Morgan fingerprint density at radius 2 is 2.18 bits per heavy atom. The summed E-state index contributed by atoms with van der Waals surface area (Å²) in [6.07, 6.45) is 1.58. The maximum absolute atomic E-state index is 13.0. The number of rotatable bonds is 5. The molecule has 0 saturated heterocycles. The maximum atomic E-state index is 13.0. The molecule has 1 aromatic rings. The molecular formula is C13H15BrFNO. The summed E-state index contributed by atoms with van der Waals surface area (Å²) in [6.45, 7) is 4.34. The number of ether oxygens (including phenoxy) is 1. The minimum atomic E-state index is -0.313. The molecule has 0 saturated carbocycles. The first-order chi connectivity index (χ1) is 7.94. The van der Waals surface area contributed by atoms with Gasteiger partial charge in [0.2, 0.25) is 0 Å². The Bertz CT molecular complexity index is 426. The Hall–Kier alpha value is -1.08. The predicted octanol–water partition coefficient (Wildman–Crippen LogP) is 4.30. The minimum absolute atomic E-state index is 0.303. The molecule has 0 aliphatic carbocycles. The molecule has 0 unspecified atom stereocenters. The topological polar surface area (TPSA) is 33.0 Å². The number of benzene rings is 1. The van der Waals surface area contributed by atoms with Gasteiger partial charge in [-0.1, -0.05) is 0 Å². The number of hydrogen-bond acceptors (Lipinski definition) is 2. The zero-order valence-corrected chi connectivity index (χ0v) is 11.6. The first-order valence-corrected chi connectivity index (χ1v) is 6.23. The number of nitriles is 1. The van der Waals surface area contributed by atoms with Crippen molar-refractivity contribution >= 4 is 15.9 Å². The van der Waals surface area contributed by atoms with Crippen LogP contribution >= 0.6 is 15.9 Å². The van der Waals surface area contributed by atoms with Crippen LogP contribution in [0.15, 0.2) is 22.7 Å². The Labute approximate surface area is 110 Å². The Kier molecular flexibility index (Phi) is 4.95. The summed E-state index contributed by atoms with van der Waals surface area (Å²) in [7, 11) is 0. The van der Waals surface area contributed by atoms with Crippen LogP contribution in [0.1, 0.15) is 26.7 Å². The fourth-order valence-electron chi connectivity index (χ4n) is 1.33. The van der Waals surface area contributed by atoms with Crippen LogP contribution in [0.2, 0.25) is 0 Å². The Morgan fingerprint density at radius 1 is 1.47 bits per heavy atom. The van der Waals surface area contributed by atoms with Crippen LogP contribution in [0.5, 0.6) is 5.75 Å². The normalized spacial score (nSPS) is 11.0. The van der Waals surface area contributed by atoms with Crippen molar-refractivity contribution in [3.05, 3.63) is 28.5 Å². The first kappa shape index (κ1) is 14.0. The van der Waals surface area contributed by atoms with E-state index in [2.05, 4.69) is 22.0 Å². The lowest BCUT2D eigenvalue weighted by atomic mass is 9.90. The third kappa shape index (κ3) is 4.74. The number of nitrogens with zero attached hydrogens (tertiary/aromatic N) is 1. The highest BCUT2D eigenvalue weighted by Gasteiger charge is 2.15. The van der Waals surface area contributed by atoms with Crippen molar-refractivity contribution in [3.63, 3.8) is 0 Å². The van der Waals surface area contributed by atoms with Crippen molar-refractivity contribution in [2.24, 2.45) is 5.41 Å². The van der Waals surface area contributed by atoms with Gasteiger partial charge in [-0.15, -0.1) is 0 Å². The molecule has 1 rings (SSSR count). The maximum Gasteiger partial charge on any atom is 0.137 e. The lowest BCUT2D eigenvalue weighted by Gasteiger charge is -2.14. The quantitative estimate of drug-likeness (QED) is 0.760. The predicted molar refractivity (Wildman–Crippen MR) is 68.2 cm³/mol. The standard InChI is InChI=1S/C13H15BrFNO/c1-13(2,9-16)6-3-7-17-10-4-5-12(15)11(14)8-10/h4-5,8H,3,6-7H2,1-2H3. The summed E-state index contributed by atoms with van der Waals surface area (Å²) in [6, 6.07) is 6.80. The lowest BCUT2D eigenvalue weighted by molar-refractivity contribution is 0.283. The van der Waals surface area contributed by atoms with Crippen molar-refractivity contribution in [1.82, 2.24) is 0 Å². The molecule has 0 aliphatic rings. The molecule has 0 heterocycles. The van der Waals surface area contributed by atoms with Crippen molar-refractivity contribution in [2.45, 2.75) is 26.7 Å². The lowest BCUT2D eigenvalue weighted by Crippen LogP contribution is -2.10. The largest absolute Gasteiger partial charge is 0.494 e. The third-order valence-electron chi connectivity index (χ3n) is 2.41. The third-order valence-corrected chi connectivity index (χ3v) is 3.02. The average molecular weight is 300 g/mol. The summed E-state index contributed by atoms with van der Waals surface area (Å²) in [5, 5.41) is 8.84. The molecule has 0 N–H and O–H groups in total. The number of hydrogen-bond donors (Lipinski definition) is 0. The smallest absolute Gasteiger partial charge is 0.137 e. The van der Waals surface area contributed by atoms with E-state index in [1.165, 1.54) is 6.07 Å². The van der Waals surface area contributed by atoms with Gasteiger partial charge >= 0.3 is 0 Å². The molecule has 0 amide bonds. The van der Waals surface area contributed by atoms with E-state index < -0.39 is 0 Å². The first-order valence-electron chi connectivity index (χ1n) is 5.44. The van der Waals surface area contributed by atoms with Gasteiger partial charge in [0.25, 0.3) is 0 Å². The van der Waals surface area contributed by atoms with E-state index in [4.69, 9.17) is 10.00 Å². The fourth-order valence-corrected chi connectivity index (χ4v) is 1.68. The molecular weight excluding hydrogens is 285 g/mol. The fraction of sp³-hybridized carbons (Fsp3) is 0.462. The van der Waals surface area contributed by atoms with Gasteiger partial charge in [-0.25, -0.2) is 4.39 Å². The summed E-state index contributed by atoms with van der Waals surface area (Å²) in [5.74, 6) is 0.330. The Balaban J connectivity index is 2.37. The molecule has 17 heavy (non-hydrogen) atoms. The molecule has 0 bridgehead atoms. The second kappa shape index (κ2) is 6.02. The van der Waals surface area contributed by atoms with E-state index in [1.807, 2.05) is 13.8 Å². The van der Waals surface area contributed by atoms with Crippen molar-refractivity contribution in [1.29, 1.82) is 5.26 Å². The van der Waals surface area contributed by atoms with E-state index in [9.17, 15) is 4.39 Å². The van der Waals surface area contributed by atoms with Crippen molar-refractivity contribution in [3.8, 4) is 11.8 Å². The van der Waals surface area contributed by atoms with E-state index >= 15 is 0 Å². The molecule has 0 fully saturated rings. The molecule has 0 spiro atoms. The zero-order chi connectivity index (χ0) is 12.9. The van der Waals surface area contributed by atoms with Crippen LogP contribution in [0.4, 0.5) is 4.39 Å². The second-order valence-electron chi connectivity index (χ2n) is 4.52. The van der Waals surface area contributed by atoms with Crippen LogP contribution < -0.4 is 4.74 Å². The van der Waals surface area contributed by atoms with Gasteiger partial charge in [-0.3, -0.25) is 0 Å². The van der Waals surface area contributed by atoms with Crippen LogP contribution in [-0.2, 0) is 0 Å². The molecule has 92 valence electrons. The van der Waals surface area contributed by atoms with Gasteiger partial charge < -0.3 is 4.74 Å². The van der Waals surface area contributed by atoms with Crippen LogP contribution in [0.3, 0.4) is 0 Å². The molecule has 0 atom stereocenters. The van der Waals surface area contributed by atoms with E-state index in [0.29, 0.717) is 16.8 Å². The highest BCUT2D eigenvalue weighted by molar-refractivity contribution is 9.10. The molecule has 2 nitrogen and oxygen atoms in total. The minimum Gasteiger partial charge on any atom is -0.494 e. The average Bonchev–Trinajstić information content (AvgIpc) is 2.29. The molecule has 1 aromatic carbocycles. The van der Waals surface area contributed by atoms with Crippen LogP contribution in [-0.4, -0.2) is 6.61 Å². The van der Waals surface area contributed by atoms with Crippen LogP contribution in [0, 0.1) is 22.6 Å². The SMILES string of the molecule is CC(C)(C#N)CCCOc1ccc(F)c(Br)c1. The van der Waals surface area contributed by atoms with Gasteiger partial charge in [0, 0.05) is 0 Å². The van der Waals surface area contributed by atoms with Gasteiger partial charge in [-0.05, 0) is 60.8 Å². The molecule has 0 radical (unpaired) electrons.